The normalized spacial score (nSPS) is 23.5. The summed E-state index contributed by atoms with van der Waals surface area (Å²) in [5.74, 6) is 0.821. The number of nitrogens with zero attached hydrogens (tertiary/aromatic N) is 2. The first-order valence-electron chi connectivity index (χ1n) is 6.28. The van der Waals surface area contributed by atoms with Gasteiger partial charge in [0.25, 0.3) is 0 Å². The molecule has 1 aromatic heterocycles. The summed E-state index contributed by atoms with van der Waals surface area (Å²) in [7, 11) is 1.57. The summed E-state index contributed by atoms with van der Waals surface area (Å²) in [6, 6.07) is 3.85. The summed E-state index contributed by atoms with van der Waals surface area (Å²) in [6.07, 6.45) is 4.51. The second kappa shape index (κ2) is 4.57. The van der Waals surface area contributed by atoms with E-state index >= 15 is 0 Å². The predicted molar refractivity (Wildman–Crippen MR) is 67.9 cm³/mol. The van der Waals surface area contributed by atoms with Crippen molar-refractivity contribution in [2.75, 3.05) is 20.2 Å². The van der Waals surface area contributed by atoms with Crippen LogP contribution in [0.1, 0.15) is 25.0 Å². The molecular weight excluding hydrogens is 230 g/mol. The first-order valence-corrected chi connectivity index (χ1v) is 6.28. The van der Waals surface area contributed by atoms with Crippen LogP contribution in [0.15, 0.2) is 23.5 Å². The van der Waals surface area contributed by atoms with E-state index in [0.717, 1.165) is 49.5 Å². The standard InChI is InChI=1S/C13H17N3O2/c1-17-16-10-9-13(4-7-14-8-5-13)18-11-3-2-6-15-12(10)11/h2-3,6,14H,4-5,7-9H2,1H3/b16-10-. The third-order valence-corrected chi connectivity index (χ3v) is 3.58. The molecule has 1 saturated heterocycles. The maximum Gasteiger partial charge on any atom is 0.147 e. The van der Waals surface area contributed by atoms with Gasteiger partial charge in [0.1, 0.15) is 29.9 Å². The number of oxime groups is 1. The highest BCUT2D eigenvalue weighted by Gasteiger charge is 2.41. The first kappa shape index (κ1) is 11.5. The lowest BCUT2D eigenvalue weighted by molar-refractivity contribution is 0.0367. The molecule has 2 aliphatic heterocycles. The Balaban J connectivity index is 1.99. The van der Waals surface area contributed by atoms with Gasteiger partial charge in [0, 0.05) is 25.5 Å². The molecule has 3 rings (SSSR count). The smallest absolute Gasteiger partial charge is 0.147 e. The molecule has 5 nitrogen and oxygen atoms in total. The molecule has 18 heavy (non-hydrogen) atoms. The SMILES string of the molecule is CO/N=C1/CC2(CCNCC2)Oc2cccnc21. The van der Waals surface area contributed by atoms with Gasteiger partial charge in [-0.1, -0.05) is 5.16 Å². The van der Waals surface area contributed by atoms with Crippen LogP contribution in [0, 0.1) is 0 Å². The summed E-state index contributed by atoms with van der Waals surface area (Å²) in [6.45, 7) is 1.96. The van der Waals surface area contributed by atoms with E-state index in [0.29, 0.717) is 0 Å². The van der Waals surface area contributed by atoms with Gasteiger partial charge < -0.3 is 14.9 Å². The van der Waals surface area contributed by atoms with Crippen molar-refractivity contribution in [2.24, 2.45) is 5.16 Å². The van der Waals surface area contributed by atoms with Crippen LogP contribution in [0.25, 0.3) is 0 Å². The molecular formula is C13H17N3O2. The fraction of sp³-hybridized carbons (Fsp3) is 0.538. The van der Waals surface area contributed by atoms with Gasteiger partial charge >= 0.3 is 0 Å². The van der Waals surface area contributed by atoms with Gasteiger partial charge in [-0.25, -0.2) is 0 Å². The zero-order valence-corrected chi connectivity index (χ0v) is 10.5. The van der Waals surface area contributed by atoms with Crippen molar-refractivity contribution in [3.63, 3.8) is 0 Å². The van der Waals surface area contributed by atoms with Crippen molar-refractivity contribution in [1.82, 2.24) is 10.3 Å². The molecule has 1 aromatic rings. The van der Waals surface area contributed by atoms with Crippen molar-refractivity contribution < 1.29 is 9.57 Å². The maximum atomic E-state index is 6.20. The highest BCUT2D eigenvalue weighted by Crippen LogP contribution is 2.37. The van der Waals surface area contributed by atoms with E-state index in [1.54, 1.807) is 13.3 Å². The molecule has 0 amide bonds. The van der Waals surface area contributed by atoms with Crippen LogP contribution in [0.4, 0.5) is 0 Å². The highest BCUT2D eigenvalue weighted by atomic mass is 16.6. The van der Waals surface area contributed by atoms with Crippen LogP contribution in [0.3, 0.4) is 0 Å². The molecule has 2 aliphatic rings. The van der Waals surface area contributed by atoms with E-state index in [2.05, 4.69) is 15.5 Å². The van der Waals surface area contributed by atoms with E-state index < -0.39 is 0 Å². The van der Waals surface area contributed by atoms with Crippen molar-refractivity contribution in [2.45, 2.75) is 24.9 Å². The second-order valence-corrected chi connectivity index (χ2v) is 4.78. The van der Waals surface area contributed by atoms with Crippen LogP contribution in [0.2, 0.25) is 0 Å². The minimum atomic E-state index is -0.140. The Morgan fingerprint density at radius 2 is 2.28 bits per heavy atom. The van der Waals surface area contributed by atoms with Crippen molar-refractivity contribution >= 4 is 5.71 Å². The molecule has 0 radical (unpaired) electrons. The van der Waals surface area contributed by atoms with E-state index in [1.165, 1.54) is 0 Å². The Hall–Kier alpha value is -1.62. The summed E-state index contributed by atoms with van der Waals surface area (Å²) >= 11 is 0. The number of rotatable bonds is 1. The third kappa shape index (κ3) is 1.95. The Morgan fingerprint density at radius 1 is 1.44 bits per heavy atom. The number of nitrogens with one attached hydrogen (secondary N) is 1. The average molecular weight is 247 g/mol. The third-order valence-electron chi connectivity index (χ3n) is 3.58. The van der Waals surface area contributed by atoms with Crippen LogP contribution < -0.4 is 10.1 Å². The summed E-state index contributed by atoms with van der Waals surface area (Å²) in [4.78, 5) is 9.29. The molecule has 96 valence electrons. The minimum Gasteiger partial charge on any atom is -0.484 e. The largest absolute Gasteiger partial charge is 0.484 e. The fourth-order valence-corrected chi connectivity index (χ4v) is 2.69. The maximum absolute atomic E-state index is 6.20. The lowest BCUT2D eigenvalue weighted by Gasteiger charge is -2.41. The Bertz CT molecular complexity index is 467. The summed E-state index contributed by atoms with van der Waals surface area (Å²) in [5.41, 5.74) is 1.56. The van der Waals surface area contributed by atoms with Crippen LogP contribution in [-0.4, -0.2) is 36.5 Å². The molecule has 0 aliphatic carbocycles. The first-order chi connectivity index (χ1) is 8.83. The number of piperidine rings is 1. The number of ether oxygens (including phenoxy) is 1. The Kier molecular flexibility index (Phi) is 2.91. The van der Waals surface area contributed by atoms with Gasteiger partial charge in [-0.05, 0) is 25.2 Å². The molecule has 0 unspecified atom stereocenters. The summed E-state index contributed by atoms with van der Waals surface area (Å²) in [5, 5.41) is 7.49. The molecule has 0 atom stereocenters. The average Bonchev–Trinajstić information content (AvgIpc) is 2.40. The highest BCUT2D eigenvalue weighted by molar-refractivity contribution is 6.02. The number of hydrogen-bond acceptors (Lipinski definition) is 5. The second-order valence-electron chi connectivity index (χ2n) is 4.78. The number of hydrogen-bond donors (Lipinski definition) is 1. The lowest BCUT2D eigenvalue weighted by Crippen LogP contribution is -2.50. The molecule has 1 N–H and O–H groups in total. The minimum absolute atomic E-state index is 0.140. The molecule has 5 heteroatoms. The van der Waals surface area contributed by atoms with E-state index in [-0.39, 0.29) is 5.60 Å². The number of pyridine rings is 1. The predicted octanol–water partition coefficient (Wildman–Crippen LogP) is 1.34. The molecule has 1 spiro atoms. The summed E-state index contributed by atoms with van der Waals surface area (Å²) < 4.78 is 6.20. The fourth-order valence-electron chi connectivity index (χ4n) is 2.69. The van der Waals surface area contributed by atoms with Crippen LogP contribution >= 0.6 is 0 Å². The van der Waals surface area contributed by atoms with E-state index in [9.17, 15) is 0 Å². The lowest BCUT2D eigenvalue weighted by atomic mass is 9.84. The van der Waals surface area contributed by atoms with Gasteiger partial charge in [-0.3, -0.25) is 4.98 Å². The van der Waals surface area contributed by atoms with Crippen LogP contribution in [0.5, 0.6) is 5.75 Å². The van der Waals surface area contributed by atoms with Gasteiger partial charge in [-0.15, -0.1) is 0 Å². The van der Waals surface area contributed by atoms with Crippen LogP contribution in [-0.2, 0) is 4.84 Å². The quantitative estimate of drug-likeness (QED) is 0.761. The van der Waals surface area contributed by atoms with E-state index in [1.807, 2.05) is 12.1 Å². The van der Waals surface area contributed by atoms with E-state index in [4.69, 9.17) is 9.57 Å². The molecule has 3 heterocycles. The zero-order valence-electron chi connectivity index (χ0n) is 10.5. The molecule has 0 saturated carbocycles. The van der Waals surface area contributed by atoms with Crippen molar-refractivity contribution in [3.8, 4) is 5.75 Å². The number of fused-ring (bicyclic) bond motifs is 1. The Morgan fingerprint density at radius 3 is 3.06 bits per heavy atom. The van der Waals surface area contributed by atoms with Gasteiger partial charge in [0.2, 0.25) is 0 Å². The monoisotopic (exact) mass is 247 g/mol. The van der Waals surface area contributed by atoms with Crippen molar-refractivity contribution in [1.29, 1.82) is 0 Å². The zero-order chi connectivity index (χ0) is 12.4. The van der Waals surface area contributed by atoms with Gasteiger partial charge in [0.15, 0.2) is 0 Å². The molecule has 0 bridgehead atoms. The topological polar surface area (TPSA) is 55.7 Å². The van der Waals surface area contributed by atoms with Crippen molar-refractivity contribution in [3.05, 3.63) is 24.0 Å². The van der Waals surface area contributed by atoms with Gasteiger partial charge in [-0.2, -0.15) is 0 Å². The molecule has 1 fully saturated rings. The Labute approximate surface area is 106 Å². The van der Waals surface area contributed by atoms with Gasteiger partial charge in [0.05, 0.1) is 0 Å². The molecule has 0 aromatic carbocycles. The number of aromatic nitrogens is 1.